The molecule has 3 aromatic carbocycles. The number of hydrogen-bond donors (Lipinski definition) is 0. The number of nitrogens with zero attached hydrogens (tertiary/aromatic N) is 3. The van der Waals surface area contributed by atoms with E-state index in [9.17, 15) is 4.39 Å². The van der Waals surface area contributed by atoms with Gasteiger partial charge in [0, 0.05) is 35.6 Å². The molecule has 5 rings (SSSR count). The van der Waals surface area contributed by atoms with Gasteiger partial charge >= 0.3 is 0 Å². The predicted octanol–water partition coefficient (Wildman–Crippen LogP) is 6.02. The van der Waals surface area contributed by atoms with Crippen LogP contribution in [0.25, 0.3) is 11.0 Å². The van der Waals surface area contributed by atoms with Gasteiger partial charge in [-0.25, -0.2) is 4.39 Å². The molecule has 1 atom stereocenters. The summed E-state index contributed by atoms with van der Waals surface area (Å²) in [5.74, 6) is 0.626. The highest BCUT2D eigenvalue weighted by atomic mass is 32.2. The summed E-state index contributed by atoms with van der Waals surface area (Å²) < 4.78 is 19.4. The summed E-state index contributed by atoms with van der Waals surface area (Å²) in [6.07, 6.45) is 4.37. The van der Waals surface area contributed by atoms with Crippen molar-refractivity contribution < 1.29 is 9.13 Å². The molecule has 4 aromatic rings. The van der Waals surface area contributed by atoms with Gasteiger partial charge in [0.25, 0.3) is 0 Å². The first kappa shape index (κ1) is 19.8. The summed E-state index contributed by atoms with van der Waals surface area (Å²) in [5, 5.41) is 0.166. The van der Waals surface area contributed by atoms with Gasteiger partial charge in [-0.15, -0.1) is 11.8 Å². The van der Waals surface area contributed by atoms with Gasteiger partial charge in [0.05, 0.1) is 23.8 Å². The van der Waals surface area contributed by atoms with Gasteiger partial charge in [0.1, 0.15) is 11.6 Å². The Hall–Kier alpha value is -3.12. The molecule has 0 spiro atoms. The van der Waals surface area contributed by atoms with Crippen molar-refractivity contribution in [1.82, 2.24) is 9.97 Å². The number of ether oxygens (including phenoxy) is 1. The van der Waals surface area contributed by atoms with Crippen molar-refractivity contribution in [1.29, 1.82) is 0 Å². The molecule has 0 aliphatic carbocycles. The second-order valence-electron chi connectivity index (χ2n) is 7.55. The number of para-hydroxylation sites is 1. The van der Waals surface area contributed by atoms with Gasteiger partial charge in [-0.05, 0) is 53.9 Å². The Morgan fingerprint density at radius 1 is 1.06 bits per heavy atom. The van der Waals surface area contributed by atoms with E-state index in [0.29, 0.717) is 0 Å². The largest absolute Gasteiger partial charge is 0.497 e. The summed E-state index contributed by atoms with van der Waals surface area (Å²) in [4.78, 5) is 12.5. The third-order valence-corrected chi connectivity index (χ3v) is 6.98. The molecule has 6 heteroatoms. The maximum Gasteiger partial charge on any atom is 0.123 e. The normalized spacial score (nSPS) is 16.1. The molecular weight excluding hydrogens is 409 g/mol. The van der Waals surface area contributed by atoms with Crippen LogP contribution in [0.15, 0.2) is 78.0 Å². The van der Waals surface area contributed by atoms with Crippen molar-refractivity contribution in [3.05, 3.63) is 90.0 Å². The van der Waals surface area contributed by atoms with Crippen LogP contribution in [0.1, 0.15) is 22.8 Å². The van der Waals surface area contributed by atoms with E-state index < -0.39 is 0 Å². The summed E-state index contributed by atoms with van der Waals surface area (Å²) in [6.45, 7) is 1.58. The van der Waals surface area contributed by atoms with Crippen LogP contribution in [0, 0.1) is 5.82 Å². The highest BCUT2D eigenvalue weighted by Crippen LogP contribution is 2.46. The molecule has 156 valence electrons. The topological polar surface area (TPSA) is 38.2 Å². The fourth-order valence-corrected chi connectivity index (χ4v) is 5.39. The summed E-state index contributed by atoms with van der Waals surface area (Å²) in [7, 11) is 1.68. The van der Waals surface area contributed by atoms with Crippen LogP contribution in [0.4, 0.5) is 10.1 Å². The molecule has 0 bridgehead atoms. The lowest BCUT2D eigenvalue weighted by molar-refractivity contribution is 0.413. The van der Waals surface area contributed by atoms with Gasteiger partial charge in [-0.3, -0.25) is 9.97 Å². The monoisotopic (exact) mass is 431 g/mol. The first-order valence-electron chi connectivity index (χ1n) is 10.2. The highest BCUT2D eigenvalue weighted by Gasteiger charge is 2.25. The van der Waals surface area contributed by atoms with Gasteiger partial charge in [-0.1, -0.05) is 24.3 Å². The van der Waals surface area contributed by atoms with Crippen molar-refractivity contribution >= 4 is 28.5 Å². The third kappa shape index (κ3) is 4.08. The zero-order valence-electron chi connectivity index (χ0n) is 17.2. The van der Waals surface area contributed by atoms with E-state index in [2.05, 4.69) is 33.1 Å². The molecule has 0 N–H and O–H groups in total. The quantitative estimate of drug-likeness (QED) is 0.395. The van der Waals surface area contributed by atoms with E-state index in [0.717, 1.165) is 58.0 Å². The van der Waals surface area contributed by atoms with Crippen LogP contribution in [0.5, 0.6) is 5.75 Å². The van der Waals surface area contributed by atoms with Crippen LogP contribution >= 0.6 is 11.8 Å². The first-order valence-corrected chi connectivity index (χ1v) is 11.1. The zero-order valence-corrected chi connectivity index (χ0v) is 18.0. The van der Waals surface area contributed by atoms with Gasteiger partial charge in [0.2, 0.25) is 0 Å². The van der Waals surface area contributed by atoms with Gasteiger partial charge < -0.3 is 9.64 Å². The minimum absolute atomic E-state index is 0.166. The van der Waals surface area contributed by atoms with Crippen molar-refractivity contribution in [3.63, 3.8) is 0 Å². The lowest BCUT2D eigenvalue weighted by atomic mass is 10.1. The average molecular weight is 432 g/mol. The van der Waals surface area contributed by atoms with Crippen LogP contribution in [0.2, 0.25) is 0 Å². The highest BCUT2D eigenvalue weighted by molar-refractivity contribution is 7.99. The first-order chi connectivity index (χ1) is 15.2. The Bertz CT molecular complexity index is 1230. The Kier molecular flexibility index (Phi) is 5.47. The molecule has 0 fully saturated rings. The number of aromatic nitrogens is 2. The van der Waals surface area contributed by atoms with Crippen LogP contribution < -0.4 is 9.64 Å². The van der Waals surface area contributed by atoms with E-state index in [-0.39, 0.29) is 11.1 Å². The maximum atomic E-state index is 13.9. The third-order valence-electron chi connectivity index (χ3n) is 5.60. The lowest BCUT2D eigenvalue weighted by Crippen LogP contribution is -2.24. The summed E-state index contributed by atoms with van der Waals surface area (Å²) in [5.41, 5.74) is 5.14. The number of anilines is 1. The molecule has 0 unspecified atom stereocenters. The van der Waals surface area contributed by atoms with E-state index in [4.69, 9.17) is 4.74 Å². The van der Waals surface area contributed by atoms with Crippen molar-refractivity contribution in [2.75, 3.05) is 18.6 Å². The van der Waals surface area contributed by atoms with Crippen molar-refractivity contribution in [3.8, 4) is 5.75 Å². The number of halogens is 1. The van der Waals surface area contributed by atoms with Crippen molar-refractivity contribution in [2.45, 2.75) is 23.1 Å². The van der Waals surface area contributed by atoms with E-state index >= 15 is 0 Å². The average Bonchev–Trinajstić information content (AvgIpc) is 2.98. The molecule has 0 saturated carbocycles. The Morgan fingerprint density at radius 2 is 1.94 bits per heavy atom. The minimum Gasteiger partial charge on any atom is -0.497 e. The van der Waals surface area contributed by atoms with Gasteiger partial charge in [0.15, 0.2) is 0 Å². The van der Waals surface area contributed by atoms with Crippen LogP contribution in [0.3, 0.4) is 0 Å². The van der Waals surface area contributed by atoms with Crippen LogP contribution in [-0.4, -0.2) is 23.6 Å². The Morgan fingerprint density at radius 3 is 2.81 bits per heavy atom. The standard InChI is InChI=1S/C25H22FN3OS/c1-30-20-8-9-22-24(15-20)31-23(17-4-2-6-19(26)14-17)10-13-29(22)16-18-5-3-7-21-25(18)28-12-11-27-21/h2-9,11-12,14-15,23H,10,13,16H2,1H3/t23-/m0/s1. The molecular formula is C25H22FN3OS. The molecule has 0 radical (unpaired) electrons. The lowest BCUT2D eigenvalue weighted by Gasteiger charge is -2.25. The number of thioether (sulfide) groups is 1. The number of rotatable bonds is 4. The summed E-state index contributed by atoms with van der Waals surface area (Å²) >= 11 is 1.77. The second kappa shape index (κ2) is 8.55. The maximum absolute atomic E-state index is 13.9. The molecule has 0 amide bonds. The molecule has 31 heavy (non-hydrogen) atoms. The summed E-state index contributed by atoms with van der Waals surface area (Å²) in [6, 6.07) is 19.3. The molecule has 1 aromatic heterocycles. The number of hydrogen-bond acceptors (Lipinski definition) is 5. The van der Waals surface area contributed by atoms with Gasteiger partial charge in [-0.2, -0.15) is 0 Å². The fraction of sp³-hybridized carbons (Fsp3) is 0.200. The van der Waals surface area contributed by atoms with E-state index in [1.807, 2.05) is 24.3 Å². The predicted molar refractivity (Wildman–Crippen MR) is 123 cm³/mol. The molecule has 1 aliphatic rings. The Labute approximate surface area is 185 Å². The number of methoxy groups -OCH3 is 1. The number of benzene rings is 3. The van der Waals surface area contributed by atoms with E-state index in [1.54, 1.807) is 43.4 Å². The molecule has 2 heterocycles. The zero-order chi connectivity index (χ0) is 21.2. The fourth-order valence-electron chi connectivity index (χ4n) is 4.07. The van der Waals surface area contributed by atoms with E-state index in [1.165, 1.54) is 6.07 Å². The molecule has 0 saturated heterocycles. The van der Waals surface area contributed by atoms with Crippen LogP contribution in [-0.2, 0) is 6.54 Å². The Balaban J connectivity index is 1.53. The minimum atomic E-state index is -0.195. The van der Waals surface area contributed by atoms with Crippen molar-refractivity contribution in [2.24, 2.45) is 0 Å². The number of fused-ring (bicyclic) bond motifs is 2. The SMILES string of the molecule is COc1ccc2c(c1)S[C@H](c1cccc(F)c1)CCN2Cc1cccc2nccnc12. The molecule has 4 nitrogen and oxygen atoms in total. The second-order valence-corrected chi connectivity index (χ2v) is 8.79. The smallest absolute Gasteiger partial charge is 0.123 e. The molecule has 1 aliphatic heterocycles.